The zero-order valence-electron chi connectivity index (χ0n) is 12.4. The number of ether oxygens (including phenoxy) is 1. The van der Waals surface area contributed by atoms with Crippen LogP contribution in [0.3, 0.4) is 0 Å². The molecule has 1 heterocycles. The number of phenolic OH excluding ortho intramolecular Hbond substituents is 1. The standard InChI is InChI=1S/C16H16O7/c1-7-16(22)10(5-8(23-7)6-12(18)19)14(20)9-3-2-4-11(17)13(9)15(16)21/h2-4,7-8,10,17,22H,5-6H2,1H3,(H,18,19)/t7-,8+,10-,16+/m0/s1. The Bertz CT molecular complexity index is 710. The molecule has 0 radical (unpaired) electrons. The van der Waals surface area contributed by atoms with Gasteiger partial charge in [-0.1, -0.05) is 12.1 Å². The van der Waals surface area contributed by atoms with E-state index in [4.69, 9.17) is 9.84 Å². The lowest BCUT2D eigenvalue weighted by atomic mass is 9.65. The van der Waals surface area contributed by atoms with E-state index >= 15 is 0 Å². The molecule has 0 saturated carbocycles. The van der Waals surface area contributed by atoms with Crippen LogP contribution in [0.5, 0.6) is 5.75 Å². The van der Waals surface area contributed by atoms with Crippen LogP contribution in [0.15, 0.2) is 18.2 Å². The van der Waals surface area contributed by atoms with Crippen LogP contribution in [-0.2, 0) is 9.53 Å². The lowest BCUT2D eigenvalue weighted by molar-refractivity contribution is -0.174. The number of carbonyl (C=O) groups excluding carboxylic acids is 2. The van der Waals surface area contributed by atoms with Gasteiger partial charge in [-0.05, 0) is 19.4 Å². The lowest BCUT2D eigenvalue weighted by Crippen LogP contribution is -2.64. The molecule has 0 amide bonds. The number of hydrogen-bond donors (Lipinski definition) is 3. The van der Waals surface area contributed by atoms with Crippen molar-refractivity contribution in [3.8, 4) is 5.75 Å². The van der Waals surface area contributed by atoms with Crippen molar-refractivity contribution in [2.75, 3.05) is 0 Å². The number of carboxylic acids is 1. The zero-order chi connectivity index (χ0) is 16.9. The number of carbonyl (C=O) groups is 3. The largest absolute Gasteiger partial charge is 0.507 e. The summed E-state index contributed by atoms with van der Waals surface area (Å²) in [4.78, 5) is 36.3. The van der Waals surface area contributed by atoms with Crippen molar-refractivity contribution >= 4 is 17.5 Å². The molecule has 1 saturated heterocycles. The monoisotopic (exact) mass is 320 g/mol. The summed E-state index contributed by atoms with van der Waals surface area (Å²) in [7, 11) is 0. The van der Waals surface area contributed by atoms with Crippen LogP contribution in [0.25, 0.3) is 0 Å². The molecule has 1 aromatic carbocycles. The van der Waals surface area contributed by atoms with Gasteiger partial charge in [0.25, 0.3) is 0 Å². The van der Waals surface area contributed by atoms with Crippen LogP contribution in [-0.4, -0.2) is 50.7 Å². The van der Waals surface area contributed by atoms with E-state index in [1.807, 2.05) is 0 Å². The van der Waals surface area contributed by atoms with E-state index in [1.54, 1.807) is 0 Å². The fourth-order valence-electron chi connectivity index (χ4n) is 3.52. The Labute approximate surface area is 131 Å². The fraction of sp³-hybridized carbons (Fsp3) is 0.438. The second-order valence-electron chi connectivity index (χ2n) is 6.00. The Balaban J connectivity index is 2.09. The molecule has 122 valence electrons. The number of aliphatic carboxylic acids is 1. The van der Waals surface area contributed by atoms with E-state index in [9.17, 15) is 24.6 Å². The van der Waals surface area contributed by atoms with Crippen molar-refractivity contribution in [3.05, 3.63) is 29.3 Å². The number of rotatable bonds is 2. The predicted octanol–water partition coefficient (Wildman–Crippen LogP) is 0.771. The highest BCUT2D eigenvalue weighted by Gasteiger charge is 2.60. The highest BCUT2D eigenvalue weighted by molar-refractivity contribution is 6.20. The van der Waals surface area contributed by atoms with Gasteiger partial charge < -0.3 is 20.1 Å². The minimum Gasteiger partial charge on any atom is -0.507 e. The number of Topliss-reactive ketones (excluding diaryl/α,β-unsaturated/α-hetero) is 2. The molecule has 1 aliphatic heterocycles. The molecular weight excluding hydrogens is 304 g/mol. The molecule has 0 bridgehead atoms. The number of aliphatic hydroxyl groups is 1. The third kappa shape index (κ3) is 2.15. The quantitative estimate of drug-likeness (QED) is 0.736. The number of carboxylic acid groups (broad SMARTS) is 1. The molecule has 0 aromatic heterocycles. The van der Waals surface area contributed by atoms with E-state index in [-0.39, 0.29) is 29.7 Å². The highest BCUT2D eigenvalue weighted by atomic mass is 16.5. The molecule has 1 aliphatic carbocycles. The molecule has 2 aliphatic rings. The molecule has 1 aromatic rings. The van der Waals surface area contributed by atoms with Crippen LogP contribution in [0.1, 0.15) is 40.5 Å². The van der Waals surface area contributed by atoms with Crippen LogP contribution in [0.4, 0.5) is 0 Å². The lowest BCUT2D eigenvalue weighted by Gasteiger charge is -2.47. The molecule has 3 rings (SSSR count). The Morgan fingerprint density at radius 3 is 2.74 bits per heavy atom. The second kappa shape index (κ2) is 5.14. The Morgan fingerprint density at radius 2 is 2.09 bits per heavy atom. The predicted molar refractivity (Wildman–Crippen MR) is 76.4 cm³/mol. The summed E-state index contributed by atoms with van der Waals surface area (Å²) in [6, 6.07) is 4.14. The van der Waals surface area contributed by atoms with E-state index in [0.717, 1.165) is 0 Å². The summed E-state index contributed by atoms with van der Waals surface area (Å²) in [5.41, 5.74) is -2.26. The van der Waals surface area contributed by atoms with E-state index in [1.165, 1.54) is 25.1 Å². The summed E-state index contributed by atoms with van der Waals surface area (Å²) >= 11 is 0. The molecule has 3 N–H and O–H groups in total. The first-order valence-corrected chi connectivity index (χ1v) is 7.27. The summed E-state index contributed by atoms with van der Waals surface area (Å²) in [5.74, 6) is -3.79. The van der Waals surface area contributed by atoms with Gasteiger partial charge in [0.1, 0.15) is 5.75 Å². The molecular formula is C16H16O7. The topological polar surface area (TPSA) is 121 Å². The molecule has 0 spiro atoms. The van der Waals surface area contributed by atoms with Crippen LogP contribution in [0, 0.1) is 5.92 Å². The third-order valence-corrected chi connectivity index (χ3v) is 4.66. The minimum absolute atomic E-state index is 0.0489. The highest BCUT2D eigenvalue weighted by Crippen LogP contribution is 2.45. The minimum atomic E-state index is -2.10. The van der Waals surface area contributed by atoms with Gasteiger partial charge in [0, 0.05) is 5.56 Å². The van der Waals surface area contributed by atoms with Crippen LogP contribution < -0.4 is 0 Å². The van der Waals surface area contributed by atoms with E-state index < -0.39 is 41.3 Å². The number of fused-ring (bicyclic) bond motifs is 2. The maximum atomic E-state index is 12.7. The van der Waals surface area contributed by atoms with Gasteiger partial charge in [-0.25, -0.2) is 0 Å². The van der Waals surface area contributed by atoms with Gasteiger partial charge in [0.05, 0.1) is 30.1 Å². The first kappa shape index (κ1) is 15.6. The van der Waals surface area contributed by atoms with Crippen molar-refractivity contribution in [1.82, 2.24) is 0 Å². The maximum Gasteiger partial charge on any atom is 0.305 e. The summed E-state index contributed by atoms with van der Waals surface area (Å²) < 4.78 is 5.46. The Kier molecular flexibility index (Phi) is 3.50. The number of benzene rings is 1. The zero-order valence-corrected chi connectivity index (χ0v) is 12.4. The van der Waals surface area contributed by atoms with Gasteiger partial charge in [0.15, 0.2) is 11.4 Å². The molecule has 4 atom stereocenters. The normalized spacial score (nSPS) is 33.0. The summed E-state index contributed by atoms with van der Waals surface area (Å²) in [6.07, 6.45) is -2.20. The van der Waals surface area contributed by atoms with Gasteiger partial charge >= 0.3 is 5.97 Å². The number of ketones is 2. The van der Waals surface area contributed by atoms with Gasteiger partial charge in [0.2, 0.25) is 5.78 Å². The van der Waals surface area contributed by atoms with Gasteiger partial charge in [-0.15, -0.1) is 0 Å². The average molecular weight is 320 g/mol. The fourth-order valence-corrected chi connectivity index (χ4v) is 3.52. The average Bonchev–Trinajstić information content (AvgIpc) is 2.47. The first-order valence-electron chi connectivity index (χ1n) is 7.27. The second-order valence-corrected chi connectivity index (χ2v) is 6.00. The van der Waals surface area contributed by atoms with Crippen molar-refractivity contribution < 1.29 is 34.4 Å². The smallest absolute Gasteiger partial charge is 0.305 e. The van der Waals surface area contributed by atoms with Crippen molar-refractivity contribution in [3.63, 3.8) is 0 Å². The molecule has 7 nitrogen and oxygen atoms in total. The Hall–Kier alpha value is -2.25. The molecule has 1 fully saturated rings. The molecule has 7 heteroatoms. The number of hydrogen-bond acceptors (Lipinski definition) is 6. The summed E-state index contributed by atoms with van der Waals surface area (Å²) in [6.45, 7) is 1.43. The molecule has 0 unspecified atom stereocenters. The summed E-state index contributed by atoms with van der Waals surface area (Å²) in [5, 5.41) is 29.7. The van der Waals surface area contributed by atoms with E-state index in [2.05, 4.69) is 0 Å². The Morgan fingerprint density at radius 1 is 1.39 bits per heavy atom. The third-order valence-electron chi connectivity index (χ3n) is 4.66. The van der Waals surface area contributed by atoms with Crippen LogP contribution >= 0.6 is 0 Å². The SMILES string of the molecule is C[C@@H]1O[C@@H](CC(=O)O)C[C@H]2C(=O)c3cccc(O)c3C(=O)[C@@]12O. The van der Waals surface area contributed by atoms with Crippen LogP contribution in [0.2, 0.25) is 0 Å². The van der Waals surface area contributed by atoms with Gasteiger partial charge in [-0.3, -0.25) is 14.4 Å². The number of phenols is 1. The molecule has 23 heavy (non-hydrogen) atoms. The van der Waals surface area contributed by atoms with Crippen molar-refractivity contribution in [1.29, 1.82) is 0 Å². The van der Waals surface area contributed by atoms with Crippen molar-refractivity contribution in [2.45, 2.75) is 37.6 Å². The van der Waals surface area contributed by atoms with Crippen molar-refractivity contribution in [2.24, 2.45) is 5.92 Å². The maximum absolute atomic E-state index is 12.7. The first-order chi connectivity index (χ1) is 10.8. The van der Waals surface area contributed by atoms with Gasteiger partial charge in [-0.2, -0.15) is 0 Å². The number of aromatic hydroxyl groups is 1. The van der Waals surface area contributed by atoms with E-state index in [0.29, 0.717) is 0 Å².